The largest absolute Gasteiger partial charge is 0.504 e. The van der Waals surface area contributed by atoms with E-state index in [1.54, 1.807) is 12.1 Å². The predicted molar refractivity (Wildman–Crippen MR) is 117 cm³/mol. The Morgan fingerprint density at radius 2 is 2.26 bits per heavy atom. The molecule has 0 radical (unpaired) electrons. The summed E-state index contributed by atoms with van der Waals surface area (Å²) in [5.41, 5.74) is 0.666. The van der Waals surface area contributed by atoms with Crippen molar-refractivity contribution in [1.82, 2.24) is 4.90 Å². The second kappa shape index (κ2) is 8.64. The van der Waals surface area contributed by atoms with Crippen LogP contribution in [0.15, 0.2) is 29.0 Å². The molecule has 3 aliphatic heterocycles. The van der Waals surface area contributed by atoms with E-state index in [-0.39, 0.29) is 24.9 Å². The normalized spacial score (nSPS) is 33.2. The maximum Gasteiger partial charge on any atom is 0.187 e. The van der Waals surface area contributed by atoms with Crippen molar-refractivity contribution in [3.05, 3.63) is 40.1 Å². The maximum atomic E-state index is 12.5. The number of ether oxygens (including phenoxy) is 1. The lowest BCUT2D eigenvalue weighted by Gasteiger charge is -2.50. The first kappa shape index (κ1) is 21.1. The van der Waals surface area contributed by atoms with Crippen molar-refractivity contribution in [2.24, 2.45) is 16.8 Å². The molecule has 168 valence electrons. The number of aliphatic hydroxyl groups excluding tert-OH is 2. The van der Waals surface area contributed by atoms with Gasteiger partial charge >= 0.3 is 0 Å². The molecule has 1 aromatic rings. The number of Topliss-reactive ketones (excluding diaryl/α,β-unsaturated/α-hetero) is 1. The van der Waals surface area contributed by atoms with Crippen molar-refractivity contribution in [2.45, 2.75) is 44.4 Å². The molecule has 4 atom stereocenters. The third-order valence-corrected chi connectivity index (χ3v) is 7.06. The quantitative estimate of drug-likeness (QED) is 0.455. The summed E-state index contributed by atoms with van der Waals surface area (Å²) in [6.45, 7) is 2.15. The summed E-state index contributed by atoms with van der Waals surface area (Å²) in [6, 6.07) is 1.91. The SMILES string of the molecule is [2H][C@@]12C[C@H](/C(=C\OC)C(=O)CO)[C@H](CC)CN1CC[C@@]1(O)C2=Nc2cc(Cl)cc(CO)c21. The van der Waals surface area contributed by atoms with Crippen LogP contribution in [0.3, 0.4) is 0 Å². The number of carbonyl (C=O) groups is 1. The second-order valence-electron chi connectivity index (χ2n) is 8.45. The summed E-state index contributed by atoms with van der Waals surface area (Å²) in [4.78, 5) is 19.2. The summed E-state index contributed by atoms with van der Waals surface area (Å²) in [5.74, 6) is -0.671. The monoisotopic (exact) mass is 449 g/mol. The first-order valence-electron chi connectivity index (χ1n) is 11.1. The molecule has 2 fully saturated rings. The summed E-state index contributed by atoms with van der Waals surface area (Å²) < 4.78 is 14.7. The van der Waals surface area contributed by atoms with E-state index in [9.17, 15) is 21.5 Å². The van der Waals surface area contributed by atoms with Crippen molar-refractivity contribution < 1.29 is 26.2 Å². The number of methoxy groups -OCH3 is 1. The minimum atomic E-state index is -1.48. The van der Waals surface area contributed by atoms with Gasteiger partial charge in [-0.15, -0.1) is 0 Å². The molecule has 3 N–H and O–H groups in total. The number of hydrogen-bond donors (Lipinski definition) is 3. The minimum Gasteiger partial charge on any atom is -0.504 e. The molecule has 7 nitrogen and oxygen atoms in total. The van der Waals surface area contributed by atoms with Crippen molar-refractivity contribution in [1.29, 1.82) is 0 Å². The van der Waals surface area contributed by atoms with Crippen LogP contribution in [-0.4, -0.2) is 64.5 Å². The highest BCUT2D eigenvalue weighted by atomic mass is 35.5. The van der Waals surface area contributed by atoms with E-state index in [0.29, 0.717) is 52.6 Å². The van der Waals surface area contributed by atoms with E-state index in [1.807, 2.05) is 11.8 Å². The van der Waals surface area contributed by atoms with Crippen LogP contribution in [0.25, 0.3) is 0 Å². The lowest BCUT2D eigenvalue weighted by molar-refractivity contribution is -0.119. The molecule has 31 heavy (non-hydrogen) atoms. The van der Waals surface area contributed by atoms with Gasteiger partial charge in [0.15, 0.2) is 5.78 Å². The van der Waals surface area contributed by atoms with Gasteiger partial charge in [0.25, 0.3) is 0 Å². The highest BCUT2D eigenvalue weighted by molar-refractivity contribution is 6.31. The third kappa shape index (κ3) is 3.62. The third-order valence-electron chi connectivity index (χ3n) is 6.84. The smallest absolute Gasteiger partial charge is 0.187 e. The number of benzene rings is 1. The average molecular weight is 450 g/mol. The van der Waals surface area contributed by atoms with Crippen LogP contribution in [0.4, 0.5) is 5.69 Å². The van der Waals surface area contributed by atoms with Gasteiger partial charge in [0.2, 0.25) is 0 Å². The molecule has 2 saturated heterocycles. The van der Waals surface area contributed by atoms with Crippen molar-refractivity contribution in [3.63, 3.8) is 0 Å². The van der Waals surface area contributed by atoms with E-state index in [0.717, 1.165) is 6.42 Å². The van der Waals surface area contributed by atoms with Gasteiger partial charge in [-0.3, -0.25) is 14.7 Å². The van der Waals surface area contributed by atoms with Gasteiger partial charge in [-0.2, -0.15) is 0 Å². The molecule has 0 amide bonds. The molecule has 0 spiro atoms. The van der Waals surface area contributed by atoms with Crippen LogP contribution >= 0.6 is 11.6 Å². The number of nitrogens with zero attached hydrogens (tertiary/aromatic N) is 2. The number of ketones is 1. The molecule has 3 aliphatic rings. The van der Waals surface area contributed by atoms with Crippen LogP contribution in [0, 0.1) is 11.8 Å². The zero-order valence-corrected chi connectivity index (χ0v) is 18.5. The standard InChI is InChI=1S/C23H29ClN2O5/c1-3-13-9-26-5-4-23(30)21-14(10-27)6-15(24)7-18(21)25-22(23)19(26)8-16(13)17(12-31-2)20(29)11-28/h6-7,12-13,16,19,27-28,30H,3-5,8-11H2,1-2H3/b17-12+/t13-,16+,19+,23+/m1/s1/i19D. The molecule has 0 saturated carbocycles. The number of carbonyl (C=O) groups excluding carboxylic acids is 1. The van der Waals surface area contributed by atoms with E-state index < -0.39 is 24.0 Å². The molecule has 0 bridgehead atoms. The van der Waals surface area contributed by atoms with Crippen LogP contribution in [0.5, 0.6) is 0 Å². The fourth-order valence-electron chi connectivity index (χ4n) is 5.37. The minimum absolute atomic E-state index is 0.0865. The van der Waals surface area contributed by atoms with Gasteiger partial charge in [-0.1, -0.05) is 24.9 Å². The molecular formula is C23H29ClN2O5. The molecule has 0 aliphatic carbocycles. The van der Waals surface area contributed by atoms with Crippen LogP contribution in [-0.2, 0) is 21.7 Å². The molecule has 0 aromatic heterocycles. The van der Waals surface area contributed by atoms with Gasteiger partial charge in [0.1, 0.15) is 12.2 Å². The Labute approximate surface area is 188 Å². The van der Waals surface area contributed by atoms with E-state index in [4.69, 9.17) is 16.3 Å². The lowest BCUT2D eigenvalue weighted by Crippen LogP contribution is -2.60. The number of halogens is 1. The topological polar surface area (TPSA) is 103 Å². The van der Waals surface area contributed by atoms with Crippen molar-refractivity contribution in [2.75, 3.05) is 26.8 Å². The fourth-order valence-corrected chi connectivity index (χ4v) is 5.60. The Morgan fingerprint density at radius 1 is 1.48 bits per heavy atom. The molecule has 1 aromatic carbocycles. The Bertz CT molecular complexity index is 999. The van der Waals surface area contributed by atoms with E-state index in [1.165, 1.54) is 13.4 Å². The Hall–Kier alpha value is -1.77. The highest BCUT2D eigenvalue weighted by Crippen LogP contribution is 2.50. The number of rotatable bonds is 6. The number of fused-ring (bicyclic) bond motifs is 5. The van der Waals surface area contributed by atoms with Crippen LogP contribution in [0.1, 0.15) is 38.7 Å². The lowest BCUT2D eigenvalue weighted by atomic mass is 9.69. The van der Waals surface area contributed by atoms with Gasteiger partial charge in [-0.25, -0.2) is 0 Å². The number of aliphatic hydroxyl groups is 3. The Balaban J connectivity index is 1.81. The van der Waals surface area contributed by atoms with Gasteiger partial charge in [0.05, 0.1) is 38.8 Å². The maximum absolute atomic E-state index is 12.5. The molecule has 0 unspecified atom stereocenters. The van der Waals surface area contributed by atoms with E-state index >= 15 is 0 Å². The highest BCUT2D eigenvalue weighted by Gasteiger charge is 2.53. The van der Waals surface area contributed by atoms with E-state index in [2.05, 4.69) is 4.99 Å². The second-order valence-corrected chi connectivity index (χ2v) is 8.89. The van der Waals surface area contributed by atoms with Gasteiger partial charge in [-0.05, 0) is 42.4 Å². The predicted octanol–water partition coefficient (Wildman–Crippen LogP) is 2.32. The van der Waals surface area contributed by atoms with Gasteiger partial charge < -0.3 is 20.1 Å². The fraction of sp³-hybridized carbons (Fsp3) is 0.565. The molecule has 8 heteroatoms. The summed E-state index contributed by atoms with van der Waals surface area (Å²) in [6.07, 6.45) is 2.74. The van der Waals surface area contributed by atoms with Gasteiger partial charge in [0, 0.05) is 29.2 Å². The first-order valence-corrected chi connectivity index (χ1v) is 11.0. The van der Waals surface area contributed by atoms with Crippen molar-refractivity contribution >= 4 is 28.8 Å². The Kier molecular flexibility index (Phi) is 5.88. The molecule has 4 rings (SSSR count). The number of piperidine rings is 2. The van der Waals surface area contributed by atoms with Crippen LogP contribution < -0.4 is 0 Å². The molecule has 3 heterocycles. The zero-order valence-electron chi connectivity index (χ0n) is 18.8. The van der Waals surface area contributed by atoms with Crippen molar-refractivity contribution in [3.8, 4) is 0 Å². The molecular weight excluding hydrogens is 420 g/mol. The summed E-state index contributed by atoms with van der Waals surface area (Å²) in [7, 11) is 1.45. The van der Waals surface area contributed by atoms with Crippen LogP contribution in [0.2, 0.25) is 5.02 Å². The Morgan fingerprint density at radius 3 is 2.90 bits per heavy atom. The summed E-state index contributed by atoms with van der Waals surface area (Å²) in [5, 5.41) is 31.6. The first-order chi connectivity index (χ1) is 15.2. The summed E-state index contributed by atoms with van der Waals surface area (Å²) >= 11 is 6.21. The average Bonchev–Trinajstić information content (AvgIpc) is 3.09. The number of hydrogen-bond acceptors (Lipinski definition) is 7. The zero-order chi connectivity index (χ0) is 23.3. The number of aliphatic imine (C=N–C) groups is 1.